The van der Waals surface area contributed by atoms with Crippen molar-refractivity contribution in [2.75, 3.05) is 120 Å². The second kappa shape index (κ2) is 21.0. The van der Waals surface area contributed by atoms with Gasteiger partial charge in [0.15, 0.2) is 8.91 Å². The predicted molar refractivity (Wildman–Crippen MR) is 173 cm³/mol. The molecule has 0 aromatic rings. The van der Waals surface area contributed by atoms with Gasteiger partial charge in [0.1, 0.15) is 0 Å². The van der Waals surface area contributed by atoms with Crippen molar-refractivity contribution in [3.05, 3.63) is 0 Å². The molecule has 4 unspecified atom stereocenters. The molecule has 0 amide bonds. The maximum absolute atomic E-state index is 6.67. The molecular weight excluding hydrogens is 700 g/mol. The summed E-state index contributed by atoms with van der Waals surface area (Å²) < 4.78 is -1.51. The second-order valence-corrected chi connectivity index (χ2v) is 15.4. The van der Waals surface area contributed by atoms with Crippen LogP contribution in [0, 0.1) is 0 Å². The third-order valence-corrected chi connectivity index (χ3v) is 10.5. The molecule has 4 aliphatic heterocycles. The van der Waals surface area contributed by atoms with Crippen molar-refractivity contribution in [3.8, 4) is 0 Å². The van der Waals surface area contributed by atoms with Crippen molar-refractivity contribution in [2.45, 2.75) is 59.5 Å². The molecule has 0 aromatic heterocycles. The first-order valence-electron chi connectivity index (χ1n) is 15.4. The maximum Gasteiger partial charge on any atom is 2.00 e. The fraction of sp³-hybridized carbons (Fsp3) is 1.00. The van der Waals surface area contributed by atoms with E-state index in [2.05, 4.69) is 68.2 Å². The van der Waals surface area contributed by atoms with E-state index >= 15 is 0 Å². The molecule has 2 N–H and O–H groups in total. The monoisotopic (exact) mass is 754 g/mol. The predicted octanol–water partition coefficient (Wildman–Crippen LogP) is 2.87. The molecule has 14 heteroatoms. The molecule has 4 rings (SSSR count). The van der Waals surface area contributed by atoms with E-state index in [0.29, 0.717) is 18.6 Å². The average molecular weight is 757 g/mol. The smallest absolute Gasteiger partial charge is 0.313 e. The number of nitrogens with one attached hydrogen (secondary N) is 2. The molecule has 4 heterocycles. The molecular formula is C28H56Cl4Mn2N8+4. The van der Waals surface area contributed by atoms with Gasteiger partial charge in [-0.25, -0.2) is 0 Å². The van der Waals surface area contributed by atoms with Crippen LogP contribution in [0.5, 0.6) is 0 Å². The first-order valence-corrected chi connectivity index (χ1v) is 16.9. The summed E-state index contributed by atoms with van der Waals surface area (Å²) in [5.41, 5.74) is 0. The van der Waals surface area contributed by atoms with E-state index in [1.807, 2.05) is 0 Å². The Kier molecular flexibility index (Phi) is 20.9. The van der Waals surface area contributed by atoms with Crippen LogP contribution >= 0.6 is 46.4 Å². The summed E-state index contributed by atoms with van der Waals surface area (Å²) in [5.74, 6) is 0. The summed E-state index contributed by atoms with van der Waals surface area (Å²) >= 11 is 26.5. The number of hydrogen-bond donors (Lipinski definition) is 2. The van der Waals surface area contributed by atoms with Crippen molar-refractivity contribution >= 4 is 46.4 Å². The Morgan fingerprint density at radius 3 is 1.57 bits per heavy atom. The number of hydrogen-bond acceptors (Lipinski definition) is 8. The number of halogens is 4. The minimum absolute atomic E-state index is 0. The summed E-state index contributed by atoms with van der Waals surface area (Å²) in [5, 5.41) is 7.39. The number of fused-ring (bicyclic) bond motifs is 6. The van der Waals surface area contributed by atoms with Gasteiger partial charge in [-0.1, -0.05) is 46.4 Å². The first kappa shape index (κ1) is 41.9. The van der Waals surface area contributed by atoms with Gasteiger partial charge in [-0.15, -0.1) is 0 Å². The van der Waals surface area contributed by atoms with Gasteiger partial charge in [-0.3, -0.25) is 9.80 Å². The quantitative estimate of drug-likeness (QED) is 0.223. The van der Waals surface area contributed by atoms with E-state index < -0.39 is 8.91 Å². The van der Waals surface area contributed by atoms with Gasteiger partial charge in [-0.2, -0.15) is 0 Å². The molecule has 4 atom stereocenters. The zero-order chi connectivity index (χ0) is 29.2. The van der Waals surface area contributed by atoms with E-state index in [9.17, 15) is 0 Å². The molecule has 246 valence electrons. The number of likely N-dealkylation sites (N-methyl/N-ethyl adjacent to an activating group) is 3. The fourth-order valence-corrected chi connectivity index (χ4v) is 7.27. The Hall–Kier alpha value is 1.88. The van der Waals surface area contributed by atoms with Crippen LogP contribution in [-0.4, -0.2) is 170 Å². The molecule has 0 spiro atoms. The van der Waals surface area contributed by atoms with E-state index in [1.165, 1.54) is 19.4 Å². The minimum atomic E-state index is -0.776. The molecule has 42 heavy (non-hydrogen) atoms. The third kappa shape index (κ3) is 15.2. The molecule has 8 nitrogen and oxygen atoms in total. The van der Waals surface area contributed by atoms with Crippen LogP contribution in [0.3, 0.4) is 0 Å². The van der Waals surface area contributed by atoms with Gasteiger partial charge in [0, 0.05) is 90.5 Å². The molecule has 4 fully saturated rings. The largest absolute Gasteiger partial charge is 2.00 e. The Bertz CT molecular complexity index is 729. The maximum atomic E-state index is 6.67. The molecule has 4 bridgehead atoms. The van der Waals surface area contributed by atoms with Crippen LogP contribution in [0.2, 0.25) is 0 Å². The summed E-state index contributed by atoms with van der Waals surface area (Å²) in [6.07, 6.45) is 6.58. The normalized spacial score (nSPS) is 33.1. The molecule has 0 aromatic carbocycles. The van der Waals surface area contributed by atoms with Gasteiger partial charge >= 0.3 is 34.1 Å². The number of nitrogens with zero attached hydrogens (tertiary/aromatic N) is 6. The zero-order valence-corrected chi connectivity index (χ0v) is 31.6. The average Bonchev–Trinajstić information content (AvgIpc) is 2.96. The van der Waals surface area contributed by atoms with Crippen molar-refractivity contribution in [3.63, 3.8) is 0 Å². The summed E-state index contributed by atoms with van der Waals surface area (Å²) in [6.45, 7) is 14.0. The van der Waals surface area contributed by atoms with E-state index in [1.54, 1.807) is 0 Å². The van der Waals surface area contributed by atoms with Crippen LogP contribution in [0.1, 0.15) is 38.5 Å². The summed E-state index contributed by atoms with van der Waals surface area (Å²) in [4.78, 5) is 13.8. The Morgan fingerprint density at radius 2 is 0.976 bits per heavy atom. The SMILES string of the molecule is CN1CCC2CCN(CC1)C(Cl)(Cl)CN(C)CCN2.CN1CCCN2CCC(CC1)NCCN(C)CCC2(Cl)Cl.[Mn+2].[Mn+2]. The van der Waals surface area contributed by atoms with Crippen LogP contribution < -0.4 is 10.6 Å². The van der Waals surface area contributed by atoms with E-state index in [0.717, 1.165) is 104 Å². The minimum Gasteiger partial charge on any atom is -0.313 e. The van der Waals surface area contributed by atoms with E-state index in [4.69, 9.17) is 46.4 Å². The molecule has 0 aliphatic carbocycles. The second-order valence-electron chi connectivity index (χ2n) is 12.5. The van der Waals surface area contributed by atoms with E-state index in [-0.39, 0.29) is 34.1 Å². The topological polar surface area (TPSA) is 43.5 Å². The van der Waals surface area contributed by atoms with Crippen molar-refractivity contribution in [1.82, 2.24) is 40.0 Å². The molecule has 2 radical (unpaired) electrons. The van der Waals surface area contributed by atoms with Crippen LogP contribution in [0.4, 0.5) is 0 Å². The zero-order valence-electron chi connectivity index (χ0n) is 26.2. The van der Waals surface area contributed by atoms with Crippen molar-refractivity contribution in [2.24, 2.45) is 0 Å². The third-order valence-electron chi connectivity index (χ3n) is 8.97. The van der Waals surface area contributed by atoms with Gasteiger partial charge < -0.3 is 30.2 Å². The molecule has 4 aliphatic rings. The van der Waals surface area contributed by atoms with Crippen molar-refractivity contribution < 1.29 is 34.1 Å². The molecule has 0 saturated carbocycles. The van der Waals surface area contributed by atoms with Gasteiger partial charge in [0.05, 0.1) is 0 Å². The fourth-order valence-electron chi connectivity index (χ4n) is 6.02. The van der Waals surface area contributed by atoms with Crippen LogP contribution in [-0.2, 0) is 34.1 Å². The van der Waals surface area contributed by atoms with Gasteiger partial charge in [0.2, 0.25) is 0 Å². The van der Waals surface area contributed by atoms with Gasteiger partial charge in [-0.05, 0) is 79.9 Å². The summed E-state index contributed by atoms with van der Waals surface area (Å²) in [6, 6.07) is 1.13. The Labute approximate surface area is 298 Å². The summed E-state index contributed by atoms with van der Waals surface area (Å²) in [7, 11) is 8.62. The van der Waals surface area contributed by atoms with Gasteiger partial charge in [0.25, 0.3) is 0 Å². The standard InChI is InChI=1S/C15H30Cl2N4.C13H26Cl2N4.2Mn/c1-19-8-3-9-21-11-5-14(4-10-19)18-7-13-20(2)12-6-15(21,16)17;1-17-6-3-12-4-7-19(10-9-17)13(14,15)11-18(2)8-5-16-12;;/h14,18H,3-13H2,1-2H3;12,16H,3-11H2,1-2H3;;/q;;2*+2. The van der Waals surface area contributed by atoms with Crippen LogP contribution in [0.15, 0.2) is 0 Å². The number of rotatable bonds is 0. The number of alkyl halides is 4. The van der Waals surface area contributed by atoms with Crippen molar-refractivity contribution in [1.29, 1.82) is 0 Å². The Morgan fingerprint density at radius 1 is 0.500 bits per heavy atom. The van der Waals surface area contributed by atoms with Crippen LogP contribution in [0.25, 0.3) is 0 Å². The Balaban J connectivity index is 0.000000403. The first-order chi connectivity index (χ1) is 18.9. The molecule has 4 saturated heterocycles.